The van der Waals surface area contributed by atoms with E-state index in [1.807, 2.05) is 29.2 Å². The van der Waals surface area contributed by atoms with Gasteiger partial charge in [0.25, 0.3) is 5.91 Å². The van der Waals surface area contributed by atoms with E-state index >= 15 is 0 Å². The standard InChI is InChI=1S/C20H26N2O5/c1-25-17-7-4-12-27-20(17)8-10-21(11-9-20)18(23)13-22-15-5-2-3-6-16(15)26-14-19(22)24/h2-3,5-6,17H,4,7-14H2,1H3/t17-/m1/s1. The number of para-hydroxylation sites is 2. The van der Waals surface area contributed by atoms with E-state index in [1.54, 1.807) is 7.11 Å². The van der Waals surface area contributed by atoms with Crippen molar-refractivity contribution in [2.75, 3.05) is 44.9 Å². The first kappa shape index (κ1) is 18.3. The highest BCUT2D eigenvalue weighted by Gasteiger charge is 2.45. The number of benzene rings is 1. The molecule has 1 spiro atoms. The molecule has 3 aliphatic rings. The summed E-state index contributed by atoms with van der Waals surface area (Å²) >= 11 is 0. The number of carbonyl (C=O) groups is 2. The van der Waals surface area contributed by atoms with Crippen LogP contribution in [0.1, 0.15) is 25.7 Å². The minimum atomic E-state index is -0.273. The molecule has 27 heavy (non-hydrogen) atoms. The van der Waals surface area contributed by atoms with Crippen molar-refractivity contribution in [3.63, 3.8) is 0 Å². The first-order valence-corrected chi connectivity index (χ1v) is 9.60. The third-order valence-electron chi connectivity index (χ3n) is 5.94. The average Bonchev–Trinajstić information content (AvgIpc) is 2.71. The number of anilines is 1. The van der Waals surface area contributed by atoms with Gasteiger partial charge in [0.05, 0.1) is 17.4 Å². The van der Waals surface area contributed by atoms with Crippen molar-refractivity contribution in [3.8, 4) is 5.75 Å². The molecule has 0 radical (unpaired) electrons. The Morgan fingerprint density at radius 1 is 1.30 bits per heavy atom. The highest BCUT2D eigenvalue weighted by molar-refractivity contribution is 6.02. The third-order valence-corrected chi connectivity index (χ3v) is 5.94. The summed E-state index contributed by atoms with van der Waals surface area (Å²) < 4.78 is 17.2. The monoisotopic (exact) mass is 374 g/mol. The number of amides is 2. The number of rotatable bonds is 3. The summed E-state index contributed by atoms with van der Waals surface area (Å²) in [6.07, 6.45) is 3.65. The second kappa shape index (κ2) is 7.48. The number of likely N-dealkylation sites (tertiary alicyclic amines) is 1. The molecular formula is C20H26N2O5. The van der Waals surface area contributed by atoms with Gasteiger partial charge in [-0.2, -0.15) is 0 Å². The Morgan fingerprint density at radius 2 is 2.07 bits per heavy atom. The lowest BCUT2D eigenvalue weighted by Crippen LogP contribution is -2.57. The van der Waals surface area contributed by atoms with Gasteiger partial charge in [-0.3, -0.25) is 14.5 Å². The molecule has 3 aliphatic heterocycles. The molecule has 1 aromatic carbocycles. The first-order chi connectivity index (χ1) is 13.1. The van der Waals surface area contributed by atoms with Crippen LogP contribution in [-0.4, -0.2) is 68.4 Å². The van der Waals surface area contributed by atoms with E-state index in [1.165, 1.54) is 4.90 Å². The summed E-state index contributed by atoms with van der Waals surface area (Å²) in [6, 6.07) is 7.32. The molecule has 0 N–H and O–H groups in total. The van der Waals surface area contributed by atoms with Gasteiger partial charge in [0.2, 0.25) is 5.91 Å². The van der Waals surface area contributed by atoms with Crippen LogP contribution in [0.4, 0.5) is 5.69 Å². The molecule has 7 heteroatoms. The number of hydrogen-bond acceptors (Lipinski definition) is 5. The molecule has 146 valence electrons. The van der Waals surface area contributed by atoms with Gasteiger partial charge >= 0.3 is 0 Å². The van der Waals surface area contributed by atoms with Crippen molar-refractivity contribution in [2.45, 2.75) is 37.4 Å². The zero-order chi connectivity index (χ0) is 18.9. The van der Waals surface area contributed by atoms with Crippen molar-refractivity contribution < 1.29 is 23.8 Å². The molecule has 4 rings (SSSR count). The van der Waals surface area contributed by atoms with E-state index in [-0.39, 0.29) is 36.7 Å². The highest BCUT2D eigenvalue weighted by Crippen LogP contribution is 2.37. The Labute approximate surface area is 159 Å². The van der Waals surface area contributed by atoms with E-state index in [4.69, 9.17) is 14.2 Å². The van der Waals surface area contributed by atoms with Crippen LogP contribution in [0.25, 0.3) is 0 Å². The fourth-order valence-corrected chi connectivity index (χ4v) is 4.40. The Morgan fingerprint density at radius 3 is 2.85 bits per heavy atom. The van der Waals surface area contributed by atoms with Crippen LogP contribution in [0, 0.1) is 0 Å². The molecule has 3 heterocycles. The normalized spacial score (nSPS) is 24.5. The third kappa shape index (κ3) is 3.41. The van der Waals surface area contributed by atoms with Gasteiger partial charge in [0.15, 0.2) is 6.61 Å². The molecule has 0 aromatic heterocycles. The molecule has 7 nitrogen and oxygen atoms in total. The molecule has 2 fully saturated rings. The maximum absolute atomic E-state index is 12.9. The average molecular weight is 374 g/mol. The smallest absolute Gasteiger partial charge is 0.265 e. The van der Waals surface area contributed by atoms with Crippen LogP contribution in [0.15, 0.2) is 24.3 Å². The number of hydrogen-bond donors (Lipinski definition) is 0. The molecule has 0 aliphatic carbocycles. The Bertz CT molecular complexity index is 714. The highest BCUT2D eigenvalue weighted by atomic mass is 16.5. The van der Waals surface area contributed by atoms with E-state index in [0.717, 1.165) is 32.3 Å². The number of methoxy groups -OCH3 is 1. The van der Waals surface area contributed by atoms with Gasteiger partial charge in [-0.25, -0.2) is 0 Å². The predicted molar refractivity (Wildman–Crippen MR) is 98.8 cm³/mol. The zero-order valence-corrected chi connectivity index (χ0v) is 15.7. The van der Waals surface area contributed by atoms with Crippen LogP contribution in [0.3, 0.4) is 0 Å². The second-order valence-electron chi connectivity index (χ2n) is 7.40. The van der Waals surface area contributed by atoms with Crippen LogP contribution < -0.4 is 9.64 Å². The second-order valence-corrected chi connectivity index (χ2v) is 7.40. The van der Waals surface area contributed by atoms with E-state index in [9.17, 15) is 9.59 Å². The Kier molecular flexibility index (Phi) is 5.06. The largest absolute Gasteiger partial charge is 0.482 e. The molecule has 0 unspecified atom stereocenters. The number of nitrogens with zero attached hydrogens (tertiary/aromatic N) is 2. The van der Waals surface area contributed by atoms with Crippen molar-refractivity contribution in [2.24, 2.45) is 0 Å². The first-order valence-electron chi connectivity index (χ1n) is 9.60. The lowest BCUT2D eigenvalue weighted by molar-refractivity contribution is -0.187. The van der Waals surface area contributed by atoms with Crippen LogP contribution in [0.2, 0.25) is 0 Å². The van der Waals surface area contributed by atoms with Gasteiger partial charge in [0.1, 0.15) is 12.3 Å². The summed E-state index contributed by atoms with van der Waals surface area (Å²) in [7, 11) is 1.74. The molecular weight excluding hydrogens is 348 g/mol. The van der Waals surface area contributed by atoms with Gasteiger partial charge in [-0.05, 0) is 37.8 Å². The molecule has 1 atom stereocenters. The van der Waals surface area contributed by atoms with Gasteiger partial charge in [-0.15, -0.1) is 0 Å². The summed E-state index contributed by atoms with van der Waals surface area (Å²) in [5.74, 6) is 0.409. The molecule has 0 saturated carbocycles. The predicted octanol–water partition coefficient (Wildman–Crippen LogP) is 1.60. The minimum Gasteiger partial charge on any atom is -0.482 e. The van der Waals surface area contributed by atoms with Crippen LogP contribution >= 0.6 is 0 Å². The van der Waals surface area contributed by atoms with Crippen molar-refractivity contribution >= 4 is 17.5 Å². The van der Waals surface area contributed by atoms with Crippen molar-refractivity contribution in [3.05, 3.63) is 24.3 Å². The SMILES string of the molecule is CO[C@@H]1CCCOC12CCN(C(=O)CN1C(=O)COc3ccccc31)CC2. The Hall–Kier alpha value is -2.12. The van der Waals surface area contributed by atoms with Crippen molar-refractivity contribution in [1.82, 2.24) is 4.90 Å². The summed E-state index contributed by atoms with van der Waals surface area (Å²) in [5.41, 5.74) is 0.385. The number of ether oxygens (including phenoxy) is 3. The van der Waals surface area contributed by atoms with E-state index < -0.39 is 0 Å². The topological polar surface area (TPSA) is 68.3 Å². The number of carbonyl (C=O) groups excluding carboxylic acids is 2. The van der Waals surface area contributed by atoms with E-state index in [0.29, 0.717) is 24.5 Å². The summed E-state index contributed by atoms with van der Waals surface area (Å²) in [4.78, 5) is 28.5. The van der Waals surface area contributed by atoms with Crippen molar-refractivity contribution in [1.29, 1.82) is 0 Å². The molecule has 2 saturated heterocycles. The lowest BCUT2D eigenvalue weighted by Gasteiger charge is -2.48. The lowest BCUT2D eigenvalue weighted by atomic mass is 9.82. The van der Waals surface area contributed by atoms with Gasteiger partial charge in [0, 0.05) is 26.8 Å². The molecule has 2 amide bonds. The van der Waals surface area contributed by atoms with Gasteiger partial charge < -0.3 is 19.1 Å². The maximum atomic E-state index is 12.9. The quantitative estimate of drug-likeness (QED) is 0.804. The number of fused-ring (bicyclic) bond motifs is 1. The molecule has 0 bridgehead atoms. The summed E-state index contributed by atoms with van der Waals surface area (Å²) in [6.45, 7) is 2.02. The van der Waals surface area contributed by atoms with Gasteiger partial charge in [-0.1, -0.05) is 12.1 Å². The fourth-order valence-electron chi connectivity index (χ4n) is 4.40. The molecule has 1 aromatic rings. The van der Waals surface area contributed by atoms with Crippen LogP contribution in [0.5, 0.6) is 5.75 Å². The number of piperidine rings is 1. The zero-order valence-electron chi connectivity index (χ0n) is 15.7. The maximum Gasteiger partial charge on any atom is 0.265 e. The Balaban J connectivity index is 1.41. The fraction of sp³-hybridized carbons (Fsp3) is 0.600. The van der Waals surface area contributed by atoms with Crippen LogP contribution in [-0.2, 0) is 19.1 Å². The summed E-state index contributed by atoms with van der Waals surface area (Å²) in [5, 5.41) is 0. The van der Waals surface area contributed by atoms with E-state index in [2.05, 4.69) is 0 Å². The minimum absolute atomic E-state index is 0.0310.